The summed E-state index contributed by atoms with van der Waals surface area (Å²) in [6.45, 7) is 3.97. The Morgan fingerprint density at radius 1 is 1.10 bits per heavy atom. The lowest BCUT2D eigenvalue weighted by Gasteiger charge is -2.31. The molecule has 9 nitrogen and oxygen atoms in total. The van der Waals surface area contributed by atoms with E-state index in [1.54, 1.807) is 20.8 Å². The highest BCUT2D eigenvalue weighted by atomic mass is 19.4. The van der Waals surface area contributed by atoms with E-state index in [1.807, 2.05) is 0 Å². The summed E-state index contributed by atoms with van der Waals surface area (Å²) in [7, 11) is 0. The largest absolute Gasteiger partial charge is 0.452 e. The van der Waals surface area contributed by atoms with Crippen molar-refractivity contribution in [3.63, 3.8) is 0 Å². The van der Waals surface area contributed by atoms with Crippen LogP contribution >= 0.6 is 0 Å². The van der Waals surface area contributed by atoms with E-state index in [4.69, 9.17) is 9.15 Å². The van der Waals surface area contributed by atoms with Gasteiger partial charge in [-0.25, -0.2) is 22.9 Å². The van der Waals surface area contributed by atoms with Crippen molar-refractivity contribution in [1.82, 2.24) is 19.8 Å². The minimum absolute atomic E-state index is 0.00275. The number of amides is 2. The molecule has 0 fully saturated rings. The summed E-state index contributed by atoms with van der Waals surface area (Å²) in [4.78, 5) is 41.8. The van der Waals surface area contributed by atoms with Crippen molar-refractivity contribution < 1.29 is 49.9 Å². The number of alkyl carbamates (subject to hydrolysis) is 1. The van der Waals surface area contributed by atoms with Crippen LogP contribution in [0.1, 0.15) is 54.8 Å². The highest BCUT2D eigenvalue weighted by Crippen LogP contribution is 2.36. The molecule has 0 spiro atoms. The fourth-order valence-corrected chi connectivity index (χ4v) is 4.51. The van der Waals surface area contributed by atoms with E-state index in [0.717, 1.165) is 4.57 Å². The maximum atomic E-state index is 14.4. The summed E-state index contributed by atoms with van der Waals surface area (Å²) in [6, 6.07) is 2.33. The minimum atomic E-state index is -4.82. The van der Waals surface area contributed by atoms with Crippen molar-refractivity contribution >= 4 is 18.3 Å². The first-order chi connectivity index (χ1) is 19.6. The molecule has 0 saturated carbocycles. The number of nitrogens with zero attached hydrogens (tertiary/aromatic N) is 3. The third-order valence-electron chi connectivity index (χ3n) is 6.29. The second-order valence-corrected chi connectivity index (χ2v) is 10.6. The van der Waals surface area contributed by atoms with Gasteiger partial charge in [0.15, 0.2) is 29.4 Å². The Balaban J connectivity index is 1.60. The quantitative estimate of drug-likeness (QED) is 0.225. The van der Waals surface area contributed by atoms with Gasteiger partial charge < -0.3 is 23.9 Å². The predicted octanol–water partition coefficient (Wildman–Crippen LogP) is 5.26. The maximum absolute atomic E-state index is 14.4. The zero-order valence-electron chi connectivity index (χ0n) is 22.7. The maximum Gasteiger partial charge on any atom is 0.449 e. The number of hydrogen-bond acceptors (Lipinski definition) is 6. The van der Waals surface area contributed by atoms with Crippen molar-refractivity contribution in [2.45, 2.75) is 64.5 Å². The zero-order valence-corrected chi connectivity index (χ0v) is 22.7. The molecular formula is C27H26F6N4O5. The number of benzene rings is 1. The van der Waals surface area contributed by atoms with Gasteiger partial charge in [-0.2, -0.15) is 13.2 Å². The Hall–Kier alpha value is -4.30. The molecule has 42 heavy (non-hydrogen) atoms. The van der Waals surface area contributed by atoms with Gasteiger partial charge in [-0.3, -0.25) is 9.59 Å². The molecule has 1 aliphatic rings. The molecule has 3 aromatic rings. The lowest BCUT2D eigenvalue weighted by atomic mass is 10.0. The van der Waals surface area contributed by atoms with E-state index in [1.165, 1.54) is 17.0 Å². The first-order valence-corrected chi connectivity index (χ1v) is 12.7. The fraction of sp³-hybridized carbons (Fsp3) is 0.407. The molecule has 1 aromatic carbocycles. The van der Waals surface area contributed by atoms with Crippen molar-refractivity contribution in [1.29, 1.82) is 0 Å². The monoisotopic (exact) mass is 600 g/mol. The Morgan fingerprint density at radius 3 is 2.40 bits per heavy atom. The first kappa shape index (κ1) is 30.7. The van der Waals surface area contributed by atoms with E-state index in [9.17, 15) is 40.7 Å². The number of aromatic nitrogens is 2. The third-order valence-corrected chi connectivity index (χ3v) is 6.29. The van der Waals surface area contributed by atoms with Crippen LogP contribution in [0.25, 0.3) is 11.5 Å². The smallest absolute Gasteiger partial charge is 0.449 e. The van der Waals surface area contributed by atoms with Crippen molar-refractivity contribution in [2.75, 3.05) is 6.54 Å². The second kappa shape index (κ2) is 11.5. The van der Waals surface area contributed by atoms with Gasteiger partial charge in [0.2, 0.25) is 11.7 Å². The molecule has 3 heterocycles. The molecule has 226 valence electrons. The van der Waals surface area contributed by atoms with Gasteiger partial charge in [0.05, 0.1) is 12.2 Å². The molecule has 15 heteroatoms. The molecule has 0 aliphatic carbocycles. The standard InChI is InChI=1S/C27H26F6N4O5/c1-26(2,3)42-25(40)34-15(8-14-9-18(29)19(30)11-17(14)28)10-22(39)36-6-7-37-20(12-36)23(35-24(37)27(31,32)33)21-5-4-16(13-38)41-21/h4-5,9,11,13,15H,6-8,10,12H2,1-3H3,(H,34,40)/t15-/m1/s1. The van der Waals surface area contributed by atoms with E-state index in [2.05, 4.69) is 10.3 Å². The Kier molecular flexibility index (Phi) is 8.41. The number of carbonyl (C=O) groups is 3. The predicted molar refractivity (Wildman–Crippen MR) is 134 cm³/mol. The molecule has 0 saturated heterocycles. The molecule has 1 N–H and O–H groups in total. The summed E-state index contributed by atoms with van der Waals surface area (Å²) in [5.74, 6) is -5.94. The number of carbonyl (C=O) groups excluding carboxylic acids is 3. The van der Waals surface area contributed by atoms with Gasteiger partial charge >= 0.3 is 12.3 Å². The number of imidazole rings is 1. The Bertz CT molecular complexity index is 1510. The number of fused-ring (bicyclic) bond motifs is 1. The average molecular weight is 601 g/mol. The molecule has 0 radical (unpaired) electrons. The van der Waals surface area contributed by atoms with Gasteiger partial charge in [0, 0.05) is 31.6 Å². The van der Waals surface area contributed by atoms with Crippen LogP contribution in [0, 0.1) is 17.5 Å². The Labute approximate surface area is 235 Å². The normalized spacial score (nSPS) is 14.4. The molecule has 2 aromatic heterocycles. The Morgan fingerprint density at radius 2 is 1.79 bits per heavy atom. The van der Waals surface area contributed by atoms with Crippen LogP contribution in [0.5, 0.6) is 0 Å². The first-order valence-electron chi connectivity index (χ1n) is 12.7. The average Bonchev–Trinajstić information content (AvgIpc) is 3.50. The second-order valence-electron chi connectivity index (χ2n) is 10.6. The van der Waals surface area contributed by atoms with Crippen molar-refractivity contribution in [3.05, 3.63) is 64.6 Å². The summed E-state index contributed by atoms with van der Waals surface area (Å²) in [5, 5.41) is 2.44. The highest BCUT2D eigenvalue weighted by Gasteiger charge is 2.41. The van der Waals surface area contributed by atoms with Gasteiger partial charge in [-0.1, -0.05) is 0 Å². The lowest BCUT2D eigenvalue weighted by Crippen LogP contribution is -2.45. The fourth-order valence-electron chi connectivity index (χ4n) is 4.51. The number of furan rings is 1. The van der Waals surface area contributed by atoms with Crippen LogP contribution in [0.2, 0.25) is 0 Å². The van der Waals surface area contributed by atoms with E-state index in [-0.39, 0.29) is 48.1 Å². The van der Waals surface area contributed by atoms with Gasteiger partial charge in [0.1, 0.15) is 17.1 Å². The van der Waals surface area contributed by atoms with Gasteiger partial charge in [-0.05, 0) is 51.0 Å². The molecular weight excluding hydrogens is 574 g/mol. The molecule has 1 aliphatic heterocycles. The topological polar surface area (TPSA) is 107 Å². The third kappa shape index (κ3) is 6.94. The summed E-state index contributed by atoms with van der Waals surface area (Å²) in [5.41, 5.74) is -1.46. The van der Waals surface area contributed by atoms with Crippen LogP contribution < -0.4 is 5.32 Å². The number of halogens is 6. The SMILES string of the molecule is CC(C)(C)OC(=O)N[C@@H](CC(=O)N1CCn2c(C(F)(F)F)nc(-c3ccc(C=O)o3)c2C1)Cc1cc(F)c(F)cc1F. The minimum Gasteiger partial charge on any atom is -0.452 e. The van der Waals surface area contributed by atoms with E-state index in [0.29, 0.717) is 18.4 Å². The number of ether oxygens (including phenoxy) is 1. The zero-order chi connectivity index (χ0) is 31.0. The summed E-state index contributed by atoms with van der Waals surface area (Å²) in [6.07, 6.45) is -6.31. The lowest BCUT2D eigenvalue weighted by molar-refractivity contribution is -0.148. The summed E-state index contributed by atoms with van der Waals surface area (Å²) < 4.78 is 94.4. The van der Waals surface area contributed by atoms with Crippen LogP contribution in [-0.2, 0) is 35.2 Å². The molecule has 0 bridgehead atoms. The van der Waals surface area contributed by atoms with Gasteiger partial charge in [-0.15, -0.1) is 0 Å². The number of hydrogen-bond donors (Lipinski definition) is 1. The van der Waals surface area contributed by atoms with Crippen LogP contribution in [-0.4, -0.2) is 50.9 Å². The van der Waals surface area contributed by atoms with Crippen LogP contribution in [0.3, 0.4) is 0 Å². The van der Waals surface area contributed by atoms with E-state index < -0.39 is 65.9 Å². The van der Waals surface area contributed by atoms with E-state index >= 15 is 0 Å². The molecule has 4 rings (SSSR count). The molecule has 0 unspecified atom stereocenters. The van der Waals surface area contributed by atoms with Crippen molar-refractivity contribution in [3.8, 4) is 11.5 Å². The van der Waals surface area contributed by atoms with Crippen LogP contribution in [0.4, 0.5) is 31.1 Å². The highest BCUT2D eigenvalue weighted by molar-refractivity contribution is 5.78. The molecule has 1 atom stereocenters. The number of aldehydes is 1. The number of rotatable bonds is 7. The van der Waals surface area contributed by atoms with Gasteiger partial charge in [0.25, 0.3) is 0 Å². The molecule has 2 amide bonds. The van der Waals surface area contributed by atoms with Crippen molar-refractivity contribution in [2.24, 2.45) is 0 Å². The number of alkyl halides is 3. The number of nitrogens with one attached hydrogen (secondary N) is 1. The van der Waals surface area contributed by atoms with Crippen LogP contribution in [0.15, 0.2) is 28.7 Å². The summed E-state index contributed by atoms with van der Waals surface area (Å²) >= 11 is 0.